The van der Waals surface area contributed by atoms with Gasteiger partial charge in [-0.25, -0.2) is 4.98 Å². The van der Waals surface area contributed by atoms with Crippen LogP contribution >= 0.6 is 0 Å². The van der Waals surface area contributed by atoms with Crippen molar-refractivity contribution in [3.63, 3.8) is 0 Å². The zero-order chi connectivity index (χ0) is 28.4. The van der Waals surface area contributed by atoms with Crippen LogP contribution in [0.3, 0.4) is 0 Å². The smallest absolute Gasteiger partial charge is 0.273 e. The van der Waals surface area contributed by atoms with E-state index >= 15 is 0 Å². The van der Waals surface area contributed by atoms with Gasteiger partial charge >= 0.3 is 0 Å². The molecule has 0 N–H and O–H groups in total. The van der Waals surface area contributed by atoms with E-state index in [0.717, 1.165) is 0 Å². The lowest BCUT2D eigenvalue weighted by molar-refractivity contribution is -0.385. The van der Waals surface area contributed by atoms with Crippen LogP contribution in [0, 0.1) is 17.0 Å². The molecule has 0 bridgehead atoms. The van der Waals surface area contributed by atoms with Crippen molar-refractivity contribution in [1.29, 1.82) is 0 Å². The van der Waals surface area contributed by atoms with Crippen LogP contribution in [0.15, 0.2) is 94.3 Å². The van der Waals surface area contributed by atoms with E-state index in [1.165, 1.54) is 28.9 Å². The SMILES string of the molecule is COc1ccccc1-n1c(C(C)N(Cc2ccco2)C(=O)c2ccc(C)c([N+](=O)[O-])c2)nc2ccccc2c1=O. The fourth-order valence-corrected chi connectivity index (χ4v) is 4.68. The second-order valence-corrected chi connectivity index (χ2v) is 9.25. The summed E-state index contributed by atoms with van der Waals surface area (Å²) in [6.45, 7) is 3.40. The highest BCUT2D eigenvalue weighted by Gasteiger charge is 2.30. The maximum Gasteiger partial charge on any atom is 0.273 e. The van der Waals surface area contributed by atoms with Crippen molar-refractivity contribution >= 4 is 22.5 Å². The van der Waals surface area contributed by atoms with Crippen LogP contribution in [0.4, 0.5) is 5.69 Å². The fraction of sp³-hybridized carbons (Fsp3) is 0.167. The summed E-state index contributed by atoms with van der Waals surface area (Å²) in [5.74, 6) is 0.748. The second-order valence-electron chi connectivity index (χ2n) is 9.25. The Balaban J connectivity index is 1.72. The summed E-state index contributed by atoms with van der Waals surface area (Å²) >= 11 is 0. The molecule has 1 unspecified atom stereocenters. The van der Waals surface area contributed by atoms with Gasteiger partial charge in [-0.3, -0.25) is 24.3 Å². The summed E-state index contributed by atoms with van der Waals surface area (Å²) in [5.41, 5.74) is 1.01. The Morgan fingerprint density at radius 3 is 2.58 bits per heavy atom. The molecule has 0 fully saturated rings. The van der Waals surface area contributed by atoms with E-state index in [1.807, 2.05) is 0 Å². The lowest BCUT2D eigenvalue weighted by atomic mass is 10.1. The molecule has 5 rings (SSSR count). The summed E-state index contributed by atoms with van der Waals surface area (Å²) in [5, 5.41) is 12.0. The van der Waals surface area contributed by atoms with Gasteiger partial charge in [0.2, 0.25) is 0 Å². The number of amides is 1. The molecular weight excluding hydrogens is 512 g/mol. The molecule has 0 aliphatic heterocycles. The summed E-state index contributed by atoms with van der Waals surface area (Å²) in [4.78, 5) is 45.4. The quantitative estimate of drug-likeness (QED) is 0.186. The molecule has 0 spiro atoms. The summed E-state index contributed by atoms with van der Waals surface area (Å²) in [7, 11) is 1.51. The minimum absolute atomic E-state index is 0.0310. The molecule has 1 atom stereocenters. The van der Waals surface area contributed by atoms with Crippen LogP contribution in [0.25, 0.3) is 16.6 Å². The molecule has 5 aromatic rings. The summed E-state index contributed by atoms with van der Waals surface area (Å²) in [6.07, 6.45) is 1.50. The Morgan fingerprint density at radius 1 is 1.10 bits per heavy atom. The van der Waals surface area contributed by atoms with Gasteiger partial charge in [-0.15, -0.1) is 0 Å². The minimum Gasteiger partial charge on any atom is -0.495 e. The number of fused-ring (bicyclic) bond motifs is 1. The first-order valence-electron chi connectivity index (χ1n) is 12.5. The average molecular weight is 539 g/mol. The van der Waals surface area contributed by atoms with Crippen molar-refractivity contribution < 1.29 is 18.9 Å². The van der Waals surface area contributed by atoms with Gasteiger partial charge in [0.05, 0.1) is 47.5 Å². The minimum atomic E-state index is -0.778. The number of aryl methyl sites for hydroxylation is 1. The Kier molecular flexibility index (Phi) is 7.15. The van der Waals surface area contributed by atoms with Crippen LogP contribution < -0.4 is 10.3 Å². The number of aromatic nitrogens is 2. The molecule has 10 nitrogen and oxygen atoms in total. The van der Waals surface area contributed by atoms with E-state index in [-0.39, 0.29) is 29.2 Å². The number of furan rings is 1. The number of nitro groups is 1. The van der Waals surface area contributed by atoms with Crippen LogP contribution in [-0.2, 0) is 6.54 Å². The zero-order valence-corrected chi connectivity index (χ0v) is 22.1. The number of para-hydroxylation sites is 3. The van der Waals surface area contributed by atoms with Gasteiger partial charge in [0.25, 0.3) is 17.2 Å². The third-order valence-corrected chi connectivity index (χ3v) is 6.79. The molecule has 3 aromatic carbocycles. The van der Waals surface area contributed by atoms with Crippen LogP contribution in [-0.4, -0.2) is 32.4 Å². The van der Waals surface area contributed by atoms with Crippen molar-refractivity contribution in [2.24, 2.45) is 0 Å². The second kappa shape index (κ2) is 10.9. The highest BCUT2D eigenvalue weighted by atomic mass is 16.6. The van der Waals surface area contributed by atoms with Gasteiger partial charge in [-0.1, -0.05) is 30.3 Å². The van der Waals surface area contributed by atoms with Gasteiger partial charge in [-0.05, 0) is 56.3 Å². The highest BCUT2D eigenvalue weighted by molar-refractivity contribution is 5.95. The molecule has 0 saturated heterocycles. The molecule has 2 aromatic heterocycles. The van der Waals surface area contributed by atoms with Gasteiger partial charge in [0.1, 0.15) is 17.3 Å². The van der Waals surface area contributed by atoms with Crippen LogP contribution in [0.5, 0.6) is 5.75 Å². The van der Waals surface area contributed by atoms with Gasteiger partial charge < -0.3 is 14.1 Å². The highest BCUT2D eigenvalue weighted by Crippen LogP contribution is 2.30. The van der Waals surface area contributed by atoms with Crippen LogP contribution in [0.2, 0.25) is 0 Å². The number of nitrogens with zero attached hydrogens (tertiary/aromatic N) is 4. The predicted octanol–water partition coefficient (Wildman–Crippen LogP) is 5.61. The van der Waals surface area contributed by atoms with E-state index in [2.05, 4.69) is 0 Å². The Labute approximate surface area is 229 Å². The first kappa shape index (κ1) is 26.4. The molecule has 0 saturated carbocycles. The number of hydrogen-bond acceptors (Lipinski definition) is 7. The van der Waals surface area contributed by atoms with Gasteiger partial charge in [0, 0.05) is 17.2 Å². The van der Waals surface area contributed by atoms with E-state index in [9.17, 15) is 19.7 Å². The molecule has 202 valence electrons. The molecule has 10 heteroatoms. The topological polar surface area (TPSA) is 121 Å². The molecule has 0 radical (unpaired) electrons. The van der Waals surface area contributed by atoms with Crippen molar-refractivity contribution in [2.45, 2.75) is 26.4 Å². The van der Waals surface area contributed by atoms with E-state index < -0.39 is 16.9 Å². The monoisotopic (exact) mass is 538 g/mol. The third kappa shape index (κ3) is 4.82. The van der Waals surface area contributed by atoms with Gasteiger partial charge in [0.15, 0.2) is 0 Å². The Hall–Kier alpha value is -5.25. The number of hydrogen-bond donors (Lipinski definition) is 0. The first-order chi connectivity index (χ1) is 19.3. The number of carbonyl (C=O) groups is 1. The van der Waals surface area contributed by atoms with Crippen molar-refractivity contribution in [3.05, 3.63) is 128 Å². The third-order valence-electron chi connectivity index (χ3n) is 6.79. The van der Waals surface area contributed by atoms with E-state index in [1.54, 1.807) is 86.6 Å². The Morgan fingerprint density at radius 2 is 1.85 bits per heavy atom. The largest absolute Gasteiger partial charge is 0.495 e. The average Bonchev–Trinajstić information content (AvgIpc) is 3.49. The summed E-state index contributed by atoms with van der Waals surface area (Å²) < 4.78 is 12.6. The molecule has 2 heterocycles. The number of ether oxygens (including phenoxy) is 1. The van der Waals surface area contributed by atoms with Crippen molar-refractivity contribution in [3.8, 4) is 11.4 Å². The maximum absolute atomic E-state index is 14.0. The lowest BCUT2D eigenvalue weighted by Gasteiger charge is -2.30. The molecular formula is C30H26N4O6. The van der Waals surface area contributed by atoms with E-state index in [0.29, 0.717) is 33.7 Å². The first-order valence-corrected chi connectivity index (χ1v) is 12.5. The molecule has 0 aliphatic carbocycles. The number of benzene rings is 3. The number of carbonyl (C=O) groups excluding carboxylic acids is 1. The van der Waals surface area contributed by atoms with Gasteiger partial charge in [-0.2, -0.15) is 0 Å². The maximum atomic E-state index is 14.0. The standard InChI is InChI=1S/C30H26N4O6/c1-19-14-15-21(17-26(19)34(37)38)29(35)32(18-22-9-8-16-40-22)20(2)28-31-24-11-5-4-10-23(24)30(36)33(28)25-12-6-7-13-27(25)39-3/h4-17,20H,18H2,1-3H3. The van der Waals surface area contributed by atoms with E-state index in [4.69, 9.17) is 14.1 Å². The summed E-state index contributed by atoms with van der Waals surface area (Å²) in [6, 6.07) is 21.1. The van der Waals surface area contributed by atoms with Crippen LogP contribution in [0.1, 0.15) is 40.5 Å². The zero-order valence-electron chi connectivity index (χ0n) is 22.1. The number of rotatable bonds is 8. The van der Waals surface area contributed by atoms with Crippen molar-refractivity contribution in [2.75, 3.05) is 7.11 Å². The predicted molar refractivity (Wildman–Crippen MR) is 149 cm³/mol. The molecule has 1 amide bonds. The molecule has 40 heavy (non-hydrogen) atoms. The lowest BCUT2D eigenvalue weighted by Crippen LogP contribution is -2.37. The van der Waals surface area contributed by atoms with Crippen molar-refractivity contribution in [1.82, 2.24) is 14.5 Å². The Bertz CT molecular complexity index is 1780. The fourth-order valence-electron chi connectivity index (χ4n) is 4.68. The normalized spacial score (nSPS) is 11.8. The number of methoxy groups -OCH3 is 1. The number of nitro benzene ring substituents is 1. The molecule has 0 aliphatic rings.